The molecule has 0 spiro atoms. The second kappa shape index (κ2) is 3.55. The third-order valence-corrected chi connectivity index (χ3v) is 1.09. The average molecular weight is 138 g/mol. The van der Waals surface area contributed by atoms with E-state index >= 15 is 0 Å². The number of hydrogen-bond acceptors (Lipinski definition) is 1. The number of carbonyl (C=O) groups is 1. The Morgan fingerprint density at radius 3 is 2.38 bits per heavy atom. The molecule has 0 heterocycles. The van der Waals surface area contributed by atoms with Crippen LogP contribution in [0.4, 0.5) is 4.79 Å². The van der Waals surface area contributed by atoms with E-state index in [9.17, 15) is 4.79 Å². The molecule has 0 unspecified atom stereocenters. The van der Waals surface area contributed by atoms with Crippen LogP contribution in [-0.4, -0.2) is 28.6 Å². The van der Waals surface area contributed by atoms with Crippen LogP contribution in [0, 0.1) is 0 Å². The summed E-state index contributed by atoms with van der Waals surface area (Å²) in [4.78, 5) is 11.1. The zero-order chi connectivity index (χ0) is 6.57. The number of alkyl halides is 1. The number of halogens is 1. The summed E-state index contributed by atoms with van der Waals surface area (Å²) in [7, 11) is 0. The molecular weight excluding hydrogens is 130 g/mol. The van der Waals surface area contributed by atoms with Crippen molar-refractivity contribution in [2.45, 2.75) is 6.92 Å². The highest BCUT2D eigenvalue weighted by molar-refractivity contribution is 6.18. The van der Waals surface area contributed by atoms with Gasteiger partial charge in [-0.2, -0.15) is 0 Å². The van der Waals surface area contributed by atoms with Crippen LogP contribution >= 0.6 is 11.6 Å². The summed E-state index contributed by atoms with van der Waals surface area (Å²) in [5.74, 6) is 0. The molecule has 8 heavy (non-hydrogen) atoms. The smallest absolute Gasteiger partial charge is 0.408 e. The van der Waals surface area contributed by atoms with E-state index in [4.69, 9.17) is 16.7 Å². The van der Waals surface area contributed by atoms with Gasteiger partial charge in [0.05, 0.1) is 6.00 Å². The molecule has 0 aromatic heterocycles. The lowest BCUT2D eigenvalue weighted by atomic mass is 10.7. The van der Waals surface area contributed by atoms with Crippen molar-refractivity contribution in [2.24, 2.45) is 0 Å². The van der Waals surface area contributed by atoms with Gasteiger partial charge >= 0.3 is 6.09 Å². The highest BCUT2D eigenvalue weighted by atomic mass is 35.5. The van der Waals surface area contributed by atoms with Crippen molar-refractivity contribution in [3.8, 4) is 0 Å². The Balaban J connectivity index is 3.52. The summed E-state index contributed by atoms with van der Waals surface area (Å²) in [6.07, 6.45) is -0.970. The summed E-state index contributed by atoms with van der Waals surface area (Å²) in [5, 5.41) is 8.21. The zero-order valence-electron chi connectivity index (χ0n) is 4.59. The second-order valence-electron chi connectivity index (χ2n) is 1.26. The van der Waals surface area contributed by atoms with E-state index in [1.165, 1.54) is 0 Å². The largest absolute Gasteiger partial charge is 0.465 e. The van der Waals surface area contributed by atoms with Crippen LogP contribution in [0.25, 0.3) is 0 Å². The zero-order valence-corrected chi connectivity index (χ0v) is 5.35. The molecule has 0 aromatic rings. The Morgan fingerprint density at radius 2 is 2.38 bits per heavy atom. The quantitative estimate of drug-likeness (QED) is 0.459. The Kier molecular flexibility index (Phi) is 3.35. The SMILES string of the molecule is CCN(CCl)C(=O)O. The molecular formula is C4H8ClNO2. The summed E-state index contributed by atoms with van der Waals surface area (Å²) < 4.78 is 0. The third-order valence-electron chi connectivity index (χ3n) is 0.797. The van der Waals surface area contributed by atoms with Gasteiger partial charge in [-0.15, -0.1) is 11.6 Å². The van der Waals surface area contributed by atoms with Gasteiger partial charge in [-0.25, -0.2) is 4.79 Å². The summed E-state index contributed by atoms with van der Waals surface area (Å²) in [5.41, 5.74) is 0. The number of amides is 1. The molecule has 0 saturated heterocycles. The molecule has 0 aliphatic carbocycles. The van der Waals surface area contributed by atoms with Crippen LogP contribution in [0.3, 0.4) is 0 Å². The molecule has 3 nitrogen and oxygen atoms in total. The van der Waals surface area contributed by atoms with Crippen LogP contribution < -0.4 is 0 Å². The van der Waals surface area contributed by atoms with Crippen LogP contribution in [0.5, 0.6) is 0 Å². The van der Waals surface area contributed by atoms with E-state index in [0.717, 1.165) is 4.90 Å². The fourth-order valence-electron chi connectivity index (χ4n) is 0.271. The minimum absolute atomic E-state index is 0.0475. The van der Waals surface area contributed by atoms with E-state index in [0.29, 0.717) is 6.54 Å². The Morgan fingerprint density at radius 1 is 1.88 bits per heavy atom. The molecule has 4 heteroatoms. The minimum atomic E-state index is -0.970. The van der Waals surface area contributed by atoms with Crippen molar-refractivity contribution >= 4 is 17.7 Å². The Hall–Kier alpha value is -0.440. The first-order valence-electron chi connectivity index (χ1n) is 2.26. The Labute approximate surface area is 52.9 Å². The molecule has 0 rings (SSSR count). The van der Waals surface area contributed by atoms with Crippen molar-refractivity contribution in [3.05, 3.63) is 0 Å². The number of hydrogen-bond donors (Lipinski definition) is 1. The predicted octanol–water partition coefficient (Wildman–Crippen LogP) is 1.18. The average Bonchev–Trinajstić information content (AvgIpc) is 1.69. The molecule has 0 aliphatic rings. The summed E-state index contributed by atoms with van der Waals surface area (Å²) in [6.45, 7) is 2.18. The lowest BCUT2D eigenvalue weighted by Crippen LogP contribution is -2.27. The summed E-state index contributed by atoms with van der Waals surface area (Å²) in [6, 6.07) is 0.0475. The van der Waals surface area contributed by atoms with Gasteiger partial charge in [0.1, 0.15) is 0 Å². The standard InChI is InChI=1S/C4H8ClNO2/c1-2-6(3-5)4(7)8/h2-3H2,1H3,(H,7,8). The molecule has 1 N–H and O–H groups in total. The minimum Gasteiger partial charge on any atom is -0.465 e. The van der Waals surface area contributed by atoms with E-state index in [1.807, 2.05) is 0 Å². The molecule has 0 aromatic carbocycles. The van der Waals surface area contributed by atoms with Gasteiger partial charge in [0.25, 0.3) is 0 Å². The van der Waals surface area contributed by atoms with Gasteiger partial charge < -0.3 is 5.11 Å². The van der Waals surface area contributed by atoms with Gasteiger partial charge in [0, 0.05) is 6.54 Å². The lowest BCUT2D eigenvalue weighted by Gasteiger charge is -2.10. The lowest BCUT2D eigenvalue weighted by molar-refractivity contribution is 0.155. The van der Waals surface area contributed by atoms with Crippen LogP contribution in [0.15, 0.2) is 0 Å². The first-order chi connectivity index (χ1) is 3.72. The van der Waals surface area contributed by atoms with Crippen LogP contribution in [0.1, 0.15) is 6.92 Å². The highest BCUT2D eigenvalue weighted by Crippen LogP contribution is 1.89. The Bertz CT molecular complexity index is 82.1. The molecule has 0 atom stereocenters. The monoisotopic (exact) mass is 137 g/mol. The molecule has 0 fully saturated rings. The van der Waals surface area contributed by atoms with Crippen LogP contribution in [-0.2, 0) is 0 Å². The number of nitrogens with zero attached hydrogens (tertiary/aromatic N) is 1. The molecule has 1 amide bonds. The maximum absolute atomic E-state index is 10.0. The van der Waals surface area contributed by atoms with Gasteiger partial charge in [-0.05, 0) is 6.92 Å². The fraction of sp³-hybridized carbons (Fsp3) is 0.750. The highest BCUT2D eigenvalue weighted by Gasteiger charge is 2.04. The van der Waals surface area contributed by atoms with E-state index in [1.54, 1.807) is 6.92 Å². The van der Waals surface area contributed by atoms with Crippen molar-refractivity contribution in [1.29, 1.82) is 0 Å². The molecule has 0 radical (unpaired) electrons. The van der Waals surface area contributed by atoms with E-state index in [-0.39, 0.29) is 6.00 Å². The maximum atomic E-state index is 10.0. The van der Waals surface area contributed by atoms with Crippen molar-refractivity contribution in [2.75, 3.05) is 12.5 Å². The van der Waals surface area contributed by atoms with Crippen molar-refractivity contribution in [3.63, 3.8) is 0 Å². The molecule has 0 aliphatic heterocycles. The van der Waals surface area contributed by atoms with Gasteiger partial charge in [-0.3, -0.25) is 4.90 Å². The van der Waals surface area contributed by atoms with E-state index < -0.39 is 6.09 Å². The predicted molar refractivity (Wildman–Crippen MR) is 31.1 cm³/mol. The normalized spacial score (nSPS) is 8.75. The van der Waals surface area contributed by atoms with Crippen LogP contribution in [0.2, 0.25) is 0 Å². The fourth-order valence-corrected chi connectivity index (χ4v) is 0.542. The number of carboxylic acid groups (broad SMARTS) is 1. The van der Waals surface area contributed by atoms with Gasteiger partial charge in [0.2, 0.25) is 0 Å². The maximum Gasteiger partial charge on any atom is 0.408 e. The van der Waals surface area contributed by atoms with Crippen molar-refractivity contribution < 1.29 is 9.90 Å². The molecule has 48 valence electrons. The number of rotatable bonds is 2. The van der Waals surface area contributed by atoms with Gasteiger partial charge in [-0.1, -0.05) is 0 Å². The van der Waals surface area contributed by atoms with Gasteiger partial charge in [0.15, 0.2) is 0 Å². The summed E-state index contributed by atoms with van der Waals surface area (Å²) >= 11 is 5.21. The topological polar surface area (TPSA) is 40.5 Å². The first-order valence-corrected chi connectivity index (χ1v) is 2.79. The second-order valence-corrected chi connectivity index (χ2v) is 1.50. The molecule has 0 bridgehead atoms. The molecule has 0 saturated carbocycles. The van der Waals surface area contributed by atoms with E-state index in [2.05, 4.69) is 0 Å². The third kappa shape index (κ3) is 2.02. The first kappa shape index (κ1) is 7.56. The van der Waals surface area contributed by atoms with Crippen molar-refractivity contribution in [1.82, 2.24) is 4.90 Å².